The molecular weight excluding hydrogens is 154 g/mol. The SMILES string of the molecule is CC1=C2OC(=O)NC2(C)C=C=C1. The van der Waals surface area contributed by atoms with Gasteiger partial charge in [0.25, 0.3) is 0 Å². The Kier molecular flexibility index (Phi) is 1.21. The monoisotopic (exact) mass is 163 g/mol. The van der Waals surface area contributed by atoms with Crippen molar-refractivity contribution in [3.63, 3.8) is 0 Å². The lowest BCUT2D eigenvalue weighted by Gasteiger charge is -2.19. The Hall–Kier alpha value is -1.47. The third kappa shape index (κ3) is 0.804. The zero-order valence-corrected chi connectivity index (χ0v) is 6.97. The molecule has 0 aromatic rings. The van der Waals surface area contributed by atoms with E-state index in [9.17, 15) is 4.79 Å². The van der Waals surface area contributed by atoms with Gasteiger partial charge < -0.3 is 10.1 Å². The number of hydrogen-bond acceptors (Lipinski definition) is 2. The van der Waals surface area contributed by atoms with Crippen LogP contribution in [0.2, 0.25) is 0 Å². The van der Waals surface area contributed by atoms with Crippen molar-refractivity contribution in [1.82, 2.24) is 5.32 Å². The lowest BCUT2D eigenvalue weighted by atomic mass is 9.94. The van der Waals surface area contributed by atoms with Gasteiger partial charge >= 0.3 is 6.09 Å². The number of allylic oxidation sites excluding steroid dienone is 1. The molecule has 0 aromatic carbocycles. The van der Waals surface area contributed by atoms with Gasteiger partial charge in [-0.1, -0.05) is 0 Å². The van der Waals surface area contributed by atoms with Crippen LogP contribution in [0.5, 0.6) is 0 Å². The molecule has 12 heavy (non-hydrogen) atoms. The van der Waals surface area contributed by atoms with Crippen molar-refractivity contribution >= 4 is 6.09 Å². The number of ether oxygens (including phenoxy) is 1. The van der Waals surface area contributed by atoms with Crippen LogP contribution in [0.1, 0.15) is 13.8 Å². The summed E-state index contributed by atoms with van der Waals surface area (Å²) in [5, 5.41) is 2.71. The van der Waals surface area contributed by atoms with Gasteiger partial charge in [-0.3, -0.25) is 0 Å². The molecule has 0 spiro atoms. The second-order valence-electron chi connectivity index (χ2n) is 3.18. The molecule has 3 heteroatoms. The fourth-order valence-electron chi connectivity index (χ4n) is 1.48. The normalized spacial score (nSPS) is 31.7. The highest BCUT2D eigenvalue weighted by molar-refractivity contribution is 5.76. The molecule has 1 N–H and O–H groups in total. The minimum Gasteiger partial charge on any atom is -0.412 e. The fraction of sp³-hybridized carbons (Fsp3) is 0.333. The summed E-state index contributed by atoms with van der Waals surface area (Å²) < 4.78 is 5.01. The van der Waals surface area contributed by atoms with E-state index in [2.05, 4.69) is 11.0 Å². The Labute approximate surface area is 70.4 Å². The number of rotatable bonds is 0. The van der Waals surface area contributed by atoms with Gasteiger partial charge in [-0.25, -0.2) is 4.79 Å². The lowest BCUT2D eigenvalue weighted by molar-refractivity contribution is 0.194. The summed E-state index contributed by atoms with van der Waals surface area (Å²) in [4.78, 5) is 10.9. The minimum atomic E-state index is -0.476. The predicted octanol–water partition coefficient (Wildman–Crippen LogP) is 1.48. The maximum atomic E-state index is 10.9. The van der Waals surface area contributed by atoms with E-state index < -0.39 is 5.54 Å². The summed E-state index contributed by atoms with van der Waals surface area (Å²) in [6.45, 7) is 3.78. The first-order chi connectivity index (χ1) is 5.62. The number of carbonyl (C=O) groups excluding carboxylic acids is 1. The van der Waals surface area contributed by atoms with E-state index in [4.69, 9.17) is 4.74 Å². The summed E-state index contributed by atoms with van der Waals surface area (Å²) in [7, 11) is 0. The van der Waals surface area contributed by atoms with E-state index >= 15 is 0 Å². The minimum absolute atomic E-state index is 0.389. The third-order valence-corrected chi connectivity index (χ3v) is 2.06. The predicted molar refractivity (Wildman–Crippen MR) is 43.4 cm³/mol. The summed E-state index contributed by atoms with van der Waals surface area (Å²) >= 11 is 0. The highest BCUT2D eigenvalue weighted by Crippen LogP contribution is 2.30. The quantitative estimate of drug-likeness (QED) is 0.549. The molecule has 2 aliphatic rings. The van der Waals surface area contributed by atoms with E-state index in [1.54, 1.807) is 12.2 Å². The molecule has 0 radical (unpaired) electrons. The summed E-state index contributed by atoms with van der Waals surface area (Å²) in [5.41, 5.74) is 3.43. The first-order valence-corrected chi connectivity index (χ1v) is 3.77. The van der Waals surface area contributed by atoms with Crippen molar-refractivity contribution in [2.45, 2.75) is 19.4 Å². The molecule has 3 nitrogen and oxygen atoms in total. The number of nitrogens with one attached hydrogen (secondary N) is 1. The van der Waals surface area contributed by atoms with Crippen LogP contribution in [0.3, 0.4) is 0 Å². The second-order valence-corrected chi connectivity index (χ2v) is 3.18. The first kappa shape index (κ1) is 7.19. The zero-order chi connectivity index (χ0) is 8.77. The molecule has 0 bridgehead atoms. The lowest BCUT2D eigenvalue weighted by Crippen LogP contribution is -2.37. The van der Waals surface area contributed by atoms with Crippen molar-refractivity contribution in [1.29, 1.82) is 0 Å². The van der Waals surface area contributed by atoms with Gasteiger partial charge in [0.05, 0.1) is 0 Å². The Morgan fingerprint density at radius 2 is 2.42 bits per heavy atom. The van der Waals surface area contributed by atoms with Gasteiger partial charge in [0.2, 0.25) is 0 Å². The van der Waals surface area contributed by atoms with Crippen molar-refractivity contribution in [3.05, 3.63) is 29.2 Å². The van der Waals surface area contributed by atoms with Crippen LogP contribution in [-0.4, -0.2) is 11.6 Å². The van der Waals surface area contributed by atoms with Gasteiger partial charge in [-0.2, -0.15) is 0 Å². The number of hydrogen-bond donors (Lipinski definition) is 1. The number of alkyl carbamates (subject to hydrolysis) is 1. The standard InChI is InChI=1S/C9H9NO2/c1-6-4-3-5-9(2)7(6)12-8(11)10-9/h4-5H,1-2H3,(H,10,11). The third-order valence-electron chi connectivity index (χ3n) is 2.06. The topological polar surface area (TPSA) is 38.3 Å². The van der Waals surface area contributed by atoms with Crippen LogP contribution < -0.4 is 5.32 Å². The molecule has 1 unspecified atom stereocenters. The first-order valence-electron chi connectivity index (χ1n) is 3.77. The van der Waals surface area contributed by atoms with Gasteiger partial charge in [0, 0.05) is 0 Å². The number of amides is 1. The Morgan fingerprint density at radius 1 is 1.67 bits per heavy atom. The van der Waals surface area contributed by atoms with Gasteiger partial charge in [0.1, 0.15) is 11.3 Å². The molecular formula is C9H9NO2. The Morgan fingerprint density at radius 3 is 3.08 bits per heavy atom. The summed E-state index contributed by atoms with van der Waals surface area (Å²) in [6.07, 6.45) is 3.21. The highest BCUT2D eigenvalue weighted by Gasteiger charge is 2.40. The van der Waals surface area contributed by atoms with Crippen LogP contribution in [0.4, 0.5) is 4.79 Å². The second kappa shape index (κ2) is 2.02. The van der Waals surface area contributed by atoms with Crippen LogP contribution >= 0.6 is 0 Å². The van der Waals surface area contributed by atoms with Crippen molar-refractivity contribution in [3.8, 4) is 0 Å². The summed E-state index contributed by atoms with van der Waals surface area (Å²) in [5.74, 6) is 0.686. The fourth-order valence-corrected chi connectivity index (χ4v) is 1.48. The van der Waals surface area contributed by atoms with E-state index in [-0.39, 0.29) is 6.09 Å². The van der Waals surface area contributed by atoms with Crippen LogP contribution in [0.25, 0.3) is 0 Å². The van der Waals surface area contributed by atoms with Gasteiger partial charge in [-0.05, 0) is 31.6 Å². The molecule has 1 heterocycles. The van der Waals surface area contributed by atoms with Crippen LogP contribution in [0, 0.1) is 0 Å². The van der Waals surface area contributed by atoms with Crippen LogP contribution in [-0.2, 0) is 4.74 Å². The molecule has 1 saturated heterocycles. The van der Waals surface area contributed by atoms with E-state index in [0.717, 1.165) is 5.57 Å². The molecule has 2 rings (SSSR count). The van der Waals surface area contributed by atoms with E-state index in [1.807, 2.05) is 13.8 Å². The highest BCUT2D eigenvalue weighted by atomic mass is 16.6. The maximum Gasteiger partial charge on any atom is 0.413 e. The van der Waals surface area contributed by atoms with Crippen molar-refractivity contribution in [2.75, 3.05) is 0 Å². The Balaban J connectivity index is 2.56. The van der Waals surface area contributed by atoms with Crippen LogP contribution in [0.15, 0.2) is 29.2 Å². The average Bonchev–Trinajstić information content (AvgIpc) is 2.26. The van der Waals surface area contributed by atoms with Crippen molar-refractivity contribution < 1.29 is 9.53 Å². The Bertz CT molecular complexity index is 348. The largest absolute Gasteiger partial charge is 0.413 e. The van der Waals surface area contributed by atoms with E-state index in [0.29, 0.717) is 5.76 Å². The maximum absolute atomic E-state index is 10.9. The number of fused-ring (bicyclic) bond motifs is 1. The molecule has 0 saturated carbocycles. The van der Waals surface area contributed by atoms with Gasteiger partial charge in [-0.15, -0.1) is 5.73 Å². The summed E-state index contributed by atoms with van der Waals surface area (Å²) in [6, 6.07) is 0. The smallest absolute Gasteiger partial charge is 0.412 e. The molecule has 62 valence electrons. The molecule has 1 fully saturated rings. The van der Waals surface area contributed by atoms with E-state index in [1.165, 1.54) is 0 Å². The number of carbonyl (C=O) groups is 1. The van der Waals surface area contributed by atoms with Gasteiger partial charge in [0.15, 0.2) is 0 Å². The molecule has 1 aliphatic carbocycles. The molecule has 1 aliphatic heterocycles. The zero-order valence-electron chi connectivity index (χ0n) is 6.97. The van der Waals surface area contributed by atoms with Crippen molar-refractivity contribution in [2.24, 2.45) is 0 Å². The molecule has 1 atom stereocenters. The average molecular weight is 163 g/mol. The molecule has 0 aromatic heterocycles. The molecule has 1 amide bonds.